The lowest BCUT2D eigenvalue weighted by atomic mass is 10.1. The van der Waals surface area contributed by atoms with Crippen LogP contribution < -0.4 is 21.5 Å². The average Bonchev–Trinajstić information content (AvgIpc) is 3.04. The summed E-state index contributed by atoms with van der Waals surface area (Å²) in [5.74, 6) is 0.766. The van der Waals surface area contributed by atoms with Gasteiger partial charge in [0, 0.05) is 38.8 Å². The largest absolute Gasteiger partial charge is 0.489 e. The molecule has 0 saturated heterocycles. The number of nitrogens with two attached hydrogens (primary N) is 2. The van der Waals surface area contributed by atoms with E-state index in [1.807, 2.05) is 54.6 Å². The van der Waals surface area contributed by atoms with Crippen molar-refractivity contribution in [1.29, 1.82) is 0 Å². The number of rotatable bonds is 6. The molecule has 0 amide bonds. The van der Waals surface area contributed by atoms with Crippen LogP contribution in [0.4, 0.5) is 11.4 Å². The van der Waals surface area contributed by atoms with Crippen LogP contribution in [0.2, 0.25) is 5.02 Å². The molecule has 7 heteroatoms. The third-order valence-corrected chi connectivity index (χ3v) is 4.57. The molecule has 0 aliphatic carbocycles. The summed E-state index contributed by atoms with van der Waals surface area (Å²) in [6, 6.07) is 19.8. The lowest BCUT2D eigenvalue weighted by Gasteiger charge is -2.11. The molecule has 6 nitrogen and oxygen atoms in total. The van der Waals surface area contributed by atoms with E-state index in [2.05, 4.69) is 21.4 Å². The average molecular weight is 394 g/mol. The Balaban J connectivity index is 1.77. The minimum atomic E-state index is 0.0495. The molecule has 0 saturated carbocycles. The maximum atomic E-state index is 6.22. The van der Waals surface area contributed by atoms with Crippen molar-refractivity contribution in [3.63, 3.8) is 0 Å². The van der Waals surface area contributed by atoms with Gasteiger partial charge in [-0.15, -0.1) is 0 Å². The van der Waals surface area contributed by atoms with Crippen LogP contribution in [0.25, 0.3) is 21.8 Å². The molecule has 0 unspecified atom stereocenters. The van der Waals surface area contributed by atoms with E-state index in [1.165, 1.54) is 0 Å². The van der Waals surface area contributed by atoms with E-state index in [9.17, 15) is 0 Å². The van der Waals surface area contributed by atoms with Gasteiger partial charge in [0.2, 0.25) is 0 Å². The van der Waals surface area contributed by atoms with E-state index in [4.69, 9.17) is 27.8 Å². The van der Waals surface area contributed by atoms with Gasteiger partial charge in [0.1, 0.15) is 12.4 Å². The van der Waals surface area contributed by atoms with Gasteiger partial charge in [-0.05, 0) is 36.4 Å². The molecule has 28 heavy (non-hydrogen) atoms. The Bertz CT molecular complexity index is 1150. The number of hydrogen-bond acceptors (Lipinski definition) is 3. The Morgan fingerprint density at radius 2 is 1.82 bits per heavy atom. The summed E-state index contributed by atoms with van der Waals surface area (Å²) in [5, 5.41) is 6.16. The lowest BCUT2D eigenvalue weighted by Crippen LogP contribution is -2.23. The molecular weight excluding hydrogens is 374 g/mol. The highest BCUT2D eigenvalue weighted by molar-refractivity contribution is 6.32. The highest BCUT2D eigenvalue weighted by Gasteiger charge is 2.12. The zero-order valence-corrected chi connectivity index (χ0v) is 15.8. The number of hydrogen-bond donors (Lipinski definition) is 4. The summed E-state index contributed by atoms with van der Waals surface area (Å²) in [4.78, 5) is 7.39. The number of H-pyrrole nitrogens is 1. The smallest absolute Gasteiger partial charge is 0.186 e. The minimum Gasteiger partial charge on any atom is -0.489 e. The van der Waals surface area contributed by atoms with Gasteiger partial charge < -0.3 is 26.5 Å². The molecule has 6 N–H and O–H groups in total. The number of para-hydroxylation sites is 1. The lowest BCUT2D eigenvalue weighted by molar-refractivity contribution is 0.332. The number of ether oxygens (including phenoxy) is 1. The second-order valence-corrected chi connectivity index (χ2v) is 6.79. The van der Waals surface area contributed by atoms with Crippen LogP contribution in [0, 0.1) is 0 Å². The van der Waals surface area contributed by atoms with E-state index in [-0.39, 0.29) is 5.96 Å². The predicted octanol–water partition coefficient (Wildman–Crippen LogP) is 4.37. The third-order valence-electron chi connectivity index (χ3n) is 4.34. The standard InChI is InChI=1S/C21H20ClN5O/c22-13-6-7-18-16(10-13)17-11-15(26-14-4-2-1-3-5-14)12-19(20(17)27-18)28-9-8-25-21(23)24/h1-7,10-12,26-27H,8-9H2,(H4,23,24,25). The quantitative estimate of drug-likeness (QED) is 0.222. The Morgan fingerprint density at radius 1 is 1.00 bits per heavy atom. The first kappa shape index (κ1) is 18.0. The monoisotopic (exact) mass is 393 g/mol. The van der Waals surface area contributed by atoms with Gasteiger partial charge in [-0.3, -0.25) is 4.99 Å². The van der Waals surface area contributed by atoms with E-state index >= 15 is 0 Å². The molecule has 1 heterocycles. The van der Waals surface area contributed by atoms with Crippen molar-refractivity contribution in [2.45, 2.75) is 0 Å². The van der Waals surface area contributed by atoms with Crippen molar-refractivity contribution in [3.05, 3.63) is 65.7 Å². The summed E-state index contributed by atoms with van der Waals surface area (Å²) >= 11 is 6.22. The fourth-order valence-electron chi connectivity index (χ4n) is 3.14. The maximum Gasteiger partial charge on any atom is 0.186 e. The van der Waals surface area contributed by atoms with Gasteiger partial charge in [0.25, 0.3) is 0 Å². The fourth-order valence-corrected chi connectivity index (χ4v) is 3.32. The van der Waals surface area contributed by atoms with Crippen LogP contribution in [0.1, 0.15) is 0 Å². The van der Waals surface area contributed by atoms with Gasteiger partial charge in [0.05, 0.1) is 12.1 Å². The van der Waals surface area contributed by atoms with Crippen LogP contribution in [-0.4, -0.2) is 24.1 Å². The van der Waals surface area contributed by atoms with Crippen molar-refractivity contribution < 1.29 is 4.74 Å². The molecule has 0 fully saturated rings. The van der Waals surface area contributed by atoms with Gasteiger partial charge in [-0.2, -0.15) is 0 Å². The number of anilines is 2. The molecule has 3 aromatic carbocycles. The first-order valence-corrected chi connectivity index (χ1v) is 9.23. The predicted molar refractivity (Wildman–Crippen MR) is 117 cm³/mol. The number of nitrogens with zero attached hydrogens (tertiary/aromatic N) is 1. The van der Waals surface area contributed by atoms with Gasteiger partial charge in [0.15, 0.2) is 5.96 Å². The molecule has 4 rings (SSSR count). The molecular formula is C21H20ClN5O. The first-order valence-electron chi connectivity index (χ1n) is 8.85. The zero-order chi connectivity index (χ0) is 19.5. The number of aromatic amines is 1. The summed E-state index contributed by atoms with van der Waals surface area (Å²) in [7, 11) is 0. The molecule has 0 spiro atoms. The Kier molecular flexibility index (Phi) is 4.95. The Hall–Kier alpha value is -3.38. The van der Waals surface area contributed by atoms with E-state index in [1.54, 1.807) is 0 Å². The molecule has 1 aromatic heterocycles. The molecule has 0 aliphatic heterocycles. The molecule has 4 aromatic rings. The number of nitrogens with one attached hydrogen (secondary N) is 2. The highest BCUT2D eigenvalue weighted by Crippen LogP contribution is 2.36. The summed E-state index contributed by atoms with van der Waals surface area (Å²) in [6.07, 6.45) is 0. The van der Waals surface area contributed by atoms with Crippen LogP contribution in [0.15, 0.2) is 65.7 Å². The SMILES string of the molecule is NC(N)=NCCOc1cc(Nc2ccccc2)cc2c1[nH]c1ccc(Cl)cc12. The summed E-state index contributed by atoms with van der Waals surface area (Å²) in [5.41, 5.74) is 14.6. The number of aromatic nitrogens is 1. The second-order valence-electron chi connectivity index (χ2n) is 6.36. The fraction of sp³-hybridized carbons (Fsp3) is 0.0952. The van der Waals surface area contributed by atoms with E-state index in [0.717, 1.165) is 33.2 Å². The Labute approximate surface area is 167 Å². The molecule has 142 valence electrons. The van der Waals surface area contributed by atoms with Crippen molar-refractivity contribution in [2.24, 2.45) is 16.5 Å². The van der Waals surface area contributed by atoms with Crippen molar-refractivity contribution in [3.8, 4) is 5.75 Å². The van der Waals surface area contributed by atoms with E-state index in [0.29, 0.717) is 23.9 Å². The zero-order valence-electron chi connectivity index (χ0n) is 15.1. The number of fused-ring (bicyclic) bond motifs is 3. The third kappa shape index (κ3) is 3.82. The first-order chi connectivity index (χ1) is 13.6. The number of guanidine groups is 1. The van der Waals surface area contributed by atoms with Crippen LogP contribution in [0.3, 0.4) is 0 Å². The van der Waals surface area contributed by atoms with Crippen LogP contribution in [0.5, 0.6) is 5.75 Å². The van der Waals surface area contributed by atoms with Crippen molar-refractivity contribution >= 4 is 50.7 Å². The van der Waals surface area contributed by atoms with E-state index < -0.39 is 0 Å². The topological polar surface area (TPSA) is 101 Å². The number of halogens is 1. The minimum absolute atomic E-state index is 0.0495. The number of benzene rings is 3. The van der Waals surface area contributed by atoms with Crippen LogP contribution in [-0.2, 0) is 0 Å². The van der Waals surface area contributed by atoms with Crippen molar-refractivity contribution in [2.75, 3.05) is 18.5 Å². The van der Waals surface area contributed by atoms with Gasteiger partial charge in [-0.1, -0.05) is 29.8 Å². The maximum absolute atomic E-state index is 6.22. The van der Waals surface area contributed by atoms with Gasteiger partial charge in [-0.25, -0.2) is 0 Å². The molecule has 0 bridgehead atoms. The molecule has 0 atom stereocenters. The number of aliphatic imine (C=N–C) groups is 1. The van der Waals surface area contributed by atoms with Crippen LogP contribution >= 0.6 is 11.6 Å². The van der Waals surface area contributed by atoms with Crippen molar-refractivity contribution in [1.82, 2.24) is 4.98 Å². The Morgan fingerprint density at radius 3 is 2.61 bits per heavy atom. The van der Waals surface area contributed by atoms with Gasteiger partial charge >= 0.3 is 0 Å². The molecule has 0 aliphatic rings. The normalized spacial score (nSPS) is 10.9. The second kappa shape index (κ2) is 7.70. The highest BCUT2D eigenvalue weighted by atomic mass is 35.5. The summed E-state index contributed by atoms with van der Waals surface area (Å²) < 4.78 is 5.99. The summed E-state index contributed by atoms with van der Waals surface area (Å²) in [6.45, 7) is 0.740. The molecule has 0 radical (unpaired) electrons.